The fourth-order valence-corrected chi connectivity index (χ4v) is 2.70. The van der Waals surface area contributed by atoms with Crippen LogP contribution in [0.5, 0.6) is 11.5 Å². The normalized spacial score (nSPS) is 12.1. The quantitative estimate of drug-likeness (QED) is 0.320. The maximum absolute atomic E-state index is 13.1. The van der Waals surface area contributed by atoms with E-state index >= 15 is 0 Å². The monoisotopic (exact) mass is 440 g/mol. The molecule has 4 rings (SSSR count). The molecule has 0 saturated heterocycles. The predicted octanol–water partition coefficient (Wildman–Crippen LogP) is 2.90. The van der Waals surface area contributed by atoms with Gasteiger partial charge in [-0.3, -0.25) is 10.1 Å². The smallest absolute Gasteiger partial charge is 0.282 e. The topological polar surface area (TPSA) is 140 Å². The van der Waals surface area contributed by atoms with Gasteiger partial charge in [-0.05, 0) is 30.3 Å². The largest absolute Gasteiger partial charge is 0.454 e. The van der Waals surface area contributed by atoms with E-state index in [-0.39, 0.29) is 35.8 Å². The van der Waals surface area contributed by atoms with Gasteiger partial charge in [-0.15, -0.1) is 0 Å². The first-order valence-corrected chi connectivity index (χ1v) is 9.22. The number of anilines is 4. The molecule has 164 valence electrons. The molecule has 0 fully saturated rings. The van der Waals surface area contributed by atoms with Gasteiger partial charge in [0.05, 0.1) is 22.8 Å². The van der Waals surface area contributed by atoms with Crippen LogP contribution in [0.25, 0.3) is 0 Å². The Labute approximate surface area is 180 Å². The van der Waals surface area contributed by atoms with Gasteiger partial charge in [0, 0.05) is 19.8 Å². The zero-order valence-corrected chi connectivity index (χ0v) is 16.9. The van der Waals surface area contributed by atoms with Crippen LogP contribution in [0.1, 0.15) is 5.56 Å². The molecule has 2 aromatic carbocycles. The molecule has 2 N–H and O–H groups in total. The standard InChI is InChI=1S/C19H17FN8O4/c1-27(2)19-24-17(22-13-5-3-12(20)4-6-13)23-18(25-19)26-21-9-11-7-15-16(32-10-31-15)8-14(11)28(29)30/h3-9H,10H2,1-2H3,(H2,22,23,24,25,26). The van der Waals surface area contributed by atoms with E-state index in [1.165, 1.54) is 30.5 Å². The molecule has 0 amide bonds. The minimum Gasteiger partial charge on any atom is -0.454 e. The molecule has 0 aliphatic carbocycles. The third-order valence-electron chi connectivity index (χ3n) is 4.21. The Balaban J connectivity index is 1.57. The second kappa shape index (κ2) is 8.67. The number of nitrogens with zero attached hydrogens (tertiary/aromatic N) is 6. The van der Waals surface area contributed by atoms with E-state index in [1.54, 1.807) is 31.1 Å². The number of halogens is 1. The number of nitro groups is 1. The predicted molar refractivity (Wildman–Crippen MR) is 114 cm³/mol. The van der Waals surface area contributed by atoms with Gasteiger partial charge < -0.3 is 19.7 Å². The molecular weight excluding hydrogens is 423 g/mol. The zero-order valence-electron chi connectivity index (χ0n) is 16.9. The molecule has 1 aromatic heterocycles. The highest BCUT2D eigenvalue weighted by atomic mass is 19.1. The van der Waals surface area contributed by atoms with Crippen molar-refractivity contribution in [1.29, 1.82) is 0 Å². The van der Waals surface area contributed by atoms with E-state index < -0.39 is 4.92 Å². The summed E-state index contributed by atoms with van der Waals surface area (Å²) in [4.78, 5) is 25.2. The van der Waals surface area contributed by atoms with Crippen molar-refractivity contribution in [3.63, 3.8) is 0 Å². The van der Waals surface area contributed by atoms with Gasteiger partial charge in [0.15, 0.2) is 11.5 Å². The summed E-state index contributed by atoms with van der Waals surface area (Å²) in [6.45, 7) is -0.00661. The first-order chi connectivity index (χ1) is 15.4. The Morgan fingerprint density at radius 3 is 2.50 bits per heavy atom. The number of benzene rings is 2. The second-order valence-corrected chi connectivity index (χ2v) is 6.70. The maximum atomic E-state index is 13.1. The second-order valence-electron chi connectivity index (χ2n) is 6.70. The number of hydrogen-bond donors (Lipinski definition) is 2. The van der Waals surface area contributed by atoms with E-state index in [0.29, 0.717) is 23.1 Å². The Morgan fingerprint density at radius 2 is 1.81 bits per heavy atom. The summed E-state index contributed by atoms with van der Waals surface area (Å²) in [5, 5.41) is 18.3. The molecule has 2 heterocycles. The lowest BCUT2D eigenvalue weighted by Crippen LogP contribution is -2.15. The van der Waals surface area contributed by atoms with E-state index in [0.717, 1.165) is 0 Å². The third-order valence-corrected chi connectivity index (χ3v) is 4.21. The van der Waals surface area contributed by atoms with Gasteiger partial charge in [0.25, 0.3) is 5.69 Å². The molecule has 0 unspecified atom stereocenters. The van der Waals surface area contributed by atoms with E-state index in [1.807, 2.05) is 0 Å². The Morgan fingerprint density at radius 1 is 1.12 bits per heavy atom. The molecule has 0 radical (unpaired) electrons. The molecule has 1 aliphatic rings. The average Bonchev–Trinajstić information content (AvgIpc) is 3.22. The molecule has 13 heteroatoms. The van der Waals surface area contributed by atoms with Crippen LogP contribution < -0.4 is 25.1 Å². The number of hydrogen-bond acceptors (Lipinski definition) is 11. The number of ether oxygens (including phenoxy) is 2. The molecule has 0 bridgehead atoms. The first kappa shape index (κ1) is 20.7. The Bertz CT molecular complexity index is 1190. The zero-order chi connectivity index (χ0) is 22.7. The van der Waals surface area contributed by atoms with Gasteiger partial charge in [-0.2, -0.15) is 20.1 Å². The molecule has 12 nitrogen and oxygen atoms in total. The number of rotatable bonds is 7. The van der Waals surface area contributed by atoms with Crippen molar-refractivity contribution in [3.05, 3.63) is 57.9 Å². The minimum atomic E-state index is -0.541. The fraction of sp³-hybridized carbons (Fsp3) is 0.158. The minimum absolute atomic E-state index is 0.00661. The Hall–Kier alpha value is -4.55. The highest BCUT2D eigenvalue weighted by Crippen LogP contribution is 2.37. The SMILES string of the molecule is CN(C)c1nc(NN=Cc2cc3c(cc2[N+](=O)[O-])OCO3)nc(Nc2ccc(F)cc2)n1. The van der Waals surface area contributed by atoms with Gasteiger partial charge in [0.1, 0.15) is 5.82 Å². The highest BCUT2D eigenvalue weighted by molar-refractivity contribution is 5.87. The number of hydrazone groups is 1. The average molecular weight is 440 g/mol. The highest BCUT2D eigenvalue weighted by Gasteiger charge is 2.22. The van der Waals surface area contributed by atoms with Gasteiger partial charge >= 0.3 is 0 Å². The molecule has 0 spiro atoms. The van der Waals surface area contributed by atoms with Gasteiger partial charge in [-0.25, -0.2) is 9.82 Å². The Kier molecular flexibility index (Phi) is 5.61. The van der Waals surface area contributed by atoms with E-state index in [4.69, 9.17) is 9.47 Å². The number of fused-ring (bicyclic) bond motifs is 1. The van der Waals surface area contributed by atoms with Crippen LogP contribution in [0.15, 0.2) is 41.5 Å². The summed E-state index contributed by atoms with van der Waals surface area (Å²) in [6.07, 6.45) is 1.26. The lowest BCUT2D eigenvalue weighted by atomic mass is 10.1. The van der Waals surface area contributed by atoms with Crippen molar-refractivity contribution in [1.82, 2.24) is 15.0 Å². The van der Waals surface area contributed by atoms with Crippen LogP contribution >= 0.6 is 0 Å². The van der Waals surface area contributed by atoms with Crippen molar-refractivity contribution in [2.24, 2.45) is 5.10 Å². The van der Waals surface area contributed by atoms with Crippen LogP contribution in [0, 0.1) is 15.9 Å². The van der Waals surface area contributed by atoms with Crippen LogP contribution in [-0.2, 0) is 0 Å². The molecule has 0 saturated carbocycles. The summed E-state index contributed by atoms with van der Waals surface area (Å²) in [6, 6.07) is 8.43. The van der Waals surface area contributed by atoms with E-state index in [2.05, 4.69) is 30.8 Å². The van der Waals surface area contributed by atoms with Crippen molar-refractivity contribution in [2.75, 3.05) is 36.5 Å². The molecular formula is C19H17FN8O4. The van der Waals surface area contributed by atoms with Crippen LogP contribution in [0.4, 0.5) is 33.6 Å². The van der Waals surface area contributed by atoms with Crippen LogP contribution in [0.3, 0.4) is 0 Å². The van der Waals surface area contributed by atoms with Crippen molar-refractivity contribution in [2.45, 2.75) is 0 Å². The summed E-state index contributed by atoms with van der Waals surface area (Å²) in [5.74, 6) is 0.935. The lowest BCUT2D eigenvalue weighted by Gasteiger charge is -2.13. The van der Waals surface area contributed by atoms with Crippen LogP contribution in [-0.4, -0.2) is 47.0 Å². The van der Waals surface area contributed by atoms with Crippen molar-refractivity contribution in [3.8, 4) is 11.5 Å². The molecule has 3 aromatic rings. The summed E-state index contributed by atoms with van der Waals surface area (Å²) in [7, 11) is 3.50. The molecule has 32 heavy (non-hydrogen) atoms. The summed E-state index contributed by atoms with van der Waals surface area (Å²) < 4.78 is 23.6. The molecule has 0 atom stereocenters. The first-order valence-electron chi connectivity index (χ1n) is 9.22. The van der Waals surface area contributed by atoms with Crippen molar-refractivity contribution < 1.29 is 18.8 Å². The van der Waals surface area contributed by atoms with Gasteiger partial charge in [-0.1, -0.05) is 0 Å². The van der Waals surface area contributed by atoms with E-state index in [9.17, 15) is 14.5 Å². The third kappa shape index (κ3) is 4.61. The number of nitro benzene ring substituents is 1. The number of aromatic nitrogens is 3. The number of nitrogens with one attached hydrogen (secondary N) is 2. The maximum Gasteiger partial charge on any atom is 0.282 e. The van der Waals surface area contributed by atoms with Crippen molar-refractivity contribution >= 4 is 35.4 Å². The van der Waals surface area contributed by atoms with Crippen LogP contribution in [0.2, 0.25) is 0 Å². The summed E-state index contributed by atoms with van der Waals surface area (Å²) >= 11 is 0. The van der Waals surface area contributed by atoms with Gasteiger partial charge in [0.2, 0.25) is 24.6 Å². The lowest BCUT2D eigenvalue weighted by molar-refractivity contribution is -0.385. The summed E-state index contributed by atoms with van der Waals surface area (Å²) in [5.41, 5.74) is 3.24. The fourth-order valence-electron chi connectivity index (χ4n) is 2.70. The molecule has 1 aliphatic heterocycles.